The second-order valence-electron chi connectivity index (χ2n) is 1.17. The molecule has 0 spiro atoms. The summed E-state index contributed by atoms with van der Waals surface area (Å²) in [6.45, 7) is 0. The molecule has 2 unspecified atom stereocenters. The molecule has 0 aromatic heterocycles. The molecule has 7 heteroatoms. The second-order valence-corrected chi connectivity index (χ2v) is 2.42. The highest BCUT2D eigenvalue weighted by atomic mass is 32.2. The monoisotopic (exact) mass is 170 g/mol. The first-order chi connectivity index (χ1) is 4.04. The molecule has 0 aromatic rings. The number of hydrogen-bond donors (Lipinski definition) is 4. The third-order valence-electron chi connectivity index (χ3n) is 0.482. The maximum absolute atomic E-state index is 10.1. The van der Waals surface area contributed by atoms with E-state index in [1.54, 1.807) is 0 Å². The summed E-state index contributed by atoms with van der Waals surface area (Å²) in [7, 11) is 0. The van der Waals surface area contributed by atoms with Crippen LogP contribution in [0.5, 0.6) is 0 Å². The predicted molar refractivity (Wildman–Crippen MR) is 35.9 cm³/mol. The third-order valence-corrected chi connectivity index (χ3v) is 1.48. The normalized spacial score (nSPS) is 16.7. The fraction of sp³-hybridized carbons (Fsp3) is 0.500. The maximum atomic E-state index is 10.1. The Bertz CT molecular complexity index is 138. The quantitative estimate of drug-likeness (QED) is 0.235. The lowest BCUT2D eigenvalue weighted by atomic mass is 10.6. The van der Waals surface area contributed by atoms with Crippen molar-refractivity contribution >= 4 is 29.8 Å². The van der Waals surface area contributed by atoms with E-state index in [-0.39, 0.29) is 0 Å². The Morgan fingerprint density at radius 1 is 1.89 bits per heavy atom. The molecule has 0 saturated heterocycles. The number of nitrogens with two attached hydrogens (primary N) is 1. The topological polar surface area (TPSA) is 92.4 Å². The summed E-state index contributed by atoms with van der Waals surface area (Å²) in [5.41, 5.74) is 4.66. The Morgan fingerprint density at radius 3 is 2.44 bits per heavy atom. The zero-order chi connectivity index (χ0) is 7.44. The standard InChI is InChI=1S/C2H6N2O3S2/c3-1(5)2(8)4-9(6)7/h2,4,8H,(H2,3,5)(H,6,7). The van der Waals surface area contributed by atoms with E-state index in [0.717, 1.165) is 0 Å². The Kier molecular flexibility index (Phi) is 3.78. The Hall–Kier alpha value is -0.110. The van der Waals surface area contributed by atoms with Gasteiger partial charge < -0.3 is 5.73 Å². The molecule has 4 N–H and O–H groups in total. The molecule has 0 fully saturated rings. The fourth-order valence-electron chi connectivity index (χ4n) is 0.154. The van der Waals surface area contributed by atoms with Crippen molar-refractivity contribution in [3.63, 3.8) is 0 Å². The molecular weight excluding hydrogens is 164 g/mol. The summed E-state index contributed by atoms with van der Waals surface area (Å²) in [5.74, 6) is -0.791. The average Bonchev–Trinajstić information content (AvgIpc) is 1.63. The van der Waals surface area contributed by atoms with Crippen molar-refractivity contribution in [2.24, 2.45) is 5.73 Å². The summed E-state index contributed by atoms with van der Waals surface area (Å²) < 4.78 is 19.8. The Labute approximate surface area is 59.8 Å². The molecule has 0 bridgehead atoms. The zero-order valence-electron chi connectivity index (χ0n) is 4.27. The van der Waals surface area contributed by atoms with Gasteiger partial charge in [-0.1, -0.05) is 0 Å². The van der Waals surface area contributed by atoms with Gasteiger partial charge in [0.05, 0.1) is 0 Å². The van der Waals surface area contributed by atoms with Gasteiger partial charge in [-0.2, -0.15) is 4.72 Å². The minimum Gasteiger partial charge on any atom is -0.368 e. The van der Waals surface area contributed by atoms with E-state index < -0.39 is 22.5 Å². The van der Waals surface area contributed by atoms with Crippen LogP contribution in [0.2, 0.25) is 0 Å². The highest BCUT2D eigenvalue weighted by Gasteiger charge is 2.09. The number of carbonyl (C=O) groups excluding carboxylic acids is 1. The largest absolute Gasteiger partial charge is 0.368 e. The summed E-state index contributed by atoms with van der Waals surface area (Å²) in [6, 6.07) is 0. The molecule has 5 nitrogen and oxygen atoms in total. The SMILES string of the molecule is NC(=O)C(S)NS(=O)O. The molecule has 0 aliphatic rings. The second kappa shape index (κ2) is 3.83. The van der Waals surface area contributed by atoms with Gasteiger partial charge in [0.25, 0.3) is 0 Å². The van der Waals surface area contributed by atoms with E-state index in [2.05, 4.69) is 18.4 Å². The van der Waals surface area contributed by atoms with Gasteiger partial charge in [0, 0.05) is 0 Å². The Morgan fingerprint density at radius 2 is 2.33 bits per heavy atom. The van der Waals surface area contributed by atoms with Crippen LogP contribution in [0.4, 0.5) is 0 Å². The minimum atomic E-state index is -2.24. The van der Waals surface area contributed by atoms with Gasteiger partial charge in [-0.15, -0.1) is 12.6 Å². The van der Waals surface area contributed by atoms with E-state index in [1.165, 1.54) is 0 Å². The van der Waals surface area contributed by atoms with Gasteiger partial charge in [-0.05, 0) is 0 Å². The van der Waals surface area contributed by atoms with Crippen LogP contribution in [-0.4, -0.2) is 20.0 Å². The zero-order valence-corrected chi connectivity index (χ0v) is 5.98. The van der Waals surface area contributed by atoms with E-state index in [9.17, 15) is 9.00 Å². The van der Waals surface area contributed by atoms with Crippen molar-refractivity contribution in [2.45, 2.75) is 5.37 Å². The lowest BCUT2D eigenvalue weighted by Crippen LogP contribution is -2.37. The van der Waals surface area contributed by atoms with Gasteiger partial charge in [0.1, 0.15) is 5.37 Å². The number of nitrogens with one attached hydrogen (secondary N) is 1. The van der Waals surface area contributed by atoms with Crippen LogP contribution in [0, 0.1) is 0 Å². The number of primary amides is 1. The van der Waals surface area contributed by atoms with Crippen molar-refractivity contribution in [3.8, 4) is 0 Å². The first-order valence-corrected chi connectivity index (χ1v) is 3.50. The molecule has 0 saturated carbocycles. The number of thiol groups is 1. The van der Waals surface area contributed by atoms with E-state index >= 15 is 0 Å². The van der Waals surface area contributed by atoms with E-state index in [0.29, 0.717) is 0 Å². The highest BCUT2D eigenvalue weighted by Crippen LogP contribution is 1.86. The van der Waals surface area contributed by atoms with E-state index in [1.807, 2.05) is 4.72 Å². The van der Waals surface area contributed by atoms with Crippen molar-refractivity contribution in [3.05, 3.63) is 0 Å². The summed E-state index contributed by atoms with van der Waals surface area (Å²) >= 11 is 1.28. The summed E-state index contributed by atoms with van der Waals surface area (Å²) in [6.07, 6.45) is 0. The molecule has 54 valence electrons. The average molecular weight is 170 g/mol. The molecule has 1 amide bonds. The number of rotatable bonds is 3. The molecule has 0 rings (SSSR count). The minimum absolute atomic E-state index is 0.791. The molecule has 2 atom stereocenters. The van der Waals surface area contributed by atoms with Crippen molar-refractivity contribution in [2.75, 3.05) is 0 Å². The van der Waals surface area contributed by atoms with E-state index in [4.69, 9.17) is 4.55 Å². The highest BCUT2D eigenvalue weighted by molar-refractivity contribution is 7.83. The predicted octanol–water partition coefficient (Wildman–Crippen LogP) is -1.55. The molecule has 0 aliphatic heterocycles. The first-order valence-electron chi connectivity index (χ1n) is 1.88. The summed E-state index contributed by atoms with van der Waals surface area (Å²) in [5, 5.41) is -1.07. The van der Waals surface area contributed by atoms with Crippen LogP contribution < -0.4 is 10.5 Å². The Balaban J connectivity index is 3.63. The molecule has 9 heavy (non-hydrogen) atoms. The van der Waals surface area contributed by atoms with Gasteiger partial charge in [-0.3, -0.25) is 9.35 Å². The van der Waals surface area contributed by atoms with Crippen LogP contribution in [-0.2, 0) is 16.1 Å². The summed E-state index contributed by atoms with van der Waals surface area (Å²) in [4.78, 5) is 10.1. The van der Waals surface area contributed by atoms with Crippen LogP contribution in [0.25, 0.3) is 0 Å². The first kappa shape index (κ1) is 8.89. The maximum Gasteiger partial charge on any atom is 0.245 e. The van der Waals surface area contributed by atoms with Gasteiger partial charge in [0.2, 0.25) is 17.2 Å². The smallest absolute Gasteiger partial charge is 0.245 e. The van der Waals surface area contributed by atoms with Crippen LogP contribution in [0.3, 0.4) is 0 Å². The fourth-order valence-corrected chi connectivity index (χ4v) is 0.731. The van der Waals surface area contributed by atoms with Gasteiger partial charge in [0.15, 0.2) is 0 Å². The number of hydrogen-bond acceptors (Lipinski definition) is 3. The lowest BCUT2D eigenvalue weighted by molar-refractivity contribution is -0.117. The van der Waals surface area contributed by atoms with Crippen molar-refractivity contribution in [1.29, 1.82) is 0 Å². The van der Waals surface area contributed by atoms with Crippen LogP contribution in [0.1, 0.15) is 0 Å². The number of amides is 1. The number of carbonyl (C=O) groups is 1. The molecule has 0 aromatic carbocycles. The molecular formula is C2H6N2O3S2. The lowest BCUT2D eigenvalue weighted by Gasteiger charge is -2.02. The van der Waals surface area contributed by atoms with Crippen LogP contribution in [0.15, 0.2) is 0 Å². The van der Waals surface area contributed by atoms with Gasteiger partial charge in [-0.25, -0.2) is 4.21 Å². The van der Waals surface area contributed by atoms with Crippen molar-refractivity contribution < 1.29 is 13.6 Å². The molecule has 0 aliphatic carbocycles. The van der Waals surface area contributed by atoms with Crippen LogP contribution >= 0.6 is 12.6 Å². The van der Waals surface area contributed by atoms with Crippen molar-refractivity contribution in [1.82, 2.24) is 4.72 Å². The third kappa shape index (κ3) is 4.40. The van der Waals surface area contributed by atoms with Gasteiger partial charge >= 0.3 is 0 Å². The molecule has 0 heterocycles. The molecule has 0 radical (unpaired) electrons.